The van der Waals surface area contributed by atoms with Crippen LogP contribution >= 0.6 is 0 Å². The highest BCUT2D eigenvalue weighted by Gasteiger charge is 2.42. The number of imidazole rings is 1. The molecule has 1 aromatic heterocycles. The lowest BCUT2D eigenvalue weighted by atomic mass is 10.2. The lowest BCUT2D eigenvalue weighted by Gasteiger charge is -2.22. The molecule has 3 aromatic rings. The van der Waals surface area contributed by atoms with Crippen LogP contribution in [0.25, 0.3) is 11.0 Å². The number of anilines is 2. The summed E-state index contributed by atoms with van der Waals surface area (Å²) >= 11 is 0. The molecule has 0 atom stereocenters. The Morgan fingerprint density at radius 1 is 0.938 bits per heavy atom. The lowest BCUT2D eigenvalue weighted by molar-refractivity contribution is -0.145. The molecule has 3 N–H and O–H groups in total. The van der Waals surface area contributed by atoms with Crippen LogP contribution in [0.4, 0.5) is 16.2 Å². The number of aromatic nitrogens is 2. The first-order valence-electron chi connectivity index (χ1n) is 9.81. The number of urea groups is 1. The number of rotatable bonds is 5. The fraction of sp³-hybridized carbons (Fsp3) is 0.190. The molecule has 11 nitrogen and oxygen atoms in total. The monoisotopic (exact) mass is 436 g/mol. The average molecular weight is 436 g/mol. The maximum Gasteiger partial charge on any atom is 0.326 e. The molecule has 4 amide bonds. The van der Waals surface area contributed by atoms with Gasteiger partial charge in [0, 0.05) is 25.0 Å². The summed E-state index contributed by atoms with van der Waals surface area (Å²) in [4.78, 5) is 61.9. The SMILES string of the molecule is CCn1c(=O)[nH]c2cc(NC(=O)Nc3ccc(CN4C(=O)C(=O)C(=O)N4C)cc3)ccc21. The maximum absolute atomic E-state index is 12.3. The van der Waals surface area contributed by atoms with Gasteiger partial charge in [0.05, 0.1) is 17.6 Å². The minimum atomic E-state index is -1.06. The number of likely N-dealkylation sites (N-methyl/N-ethyl adjacent to an activating group) is 1. The third kappa shape index (κ3) is 3.71. The molecule has 32 heavy (non-hydrogen) atoms. The van der Waals surface area contributed by atoms with Gasteiger partial charge in [-0.05, 0) is 42.8 Å². The number of Topliss-reactive ketones (excluding diaryl/α,β-unsaturated/α-hetero) is 1. The number of carbonyl (C=O) groups excluding carboxylic acids is 4. The zero-order valence-electron chi connectivity index (χ0n) is 17.3. The highest BCUT2D eigenvalue weighted by Crippen LogP contribution is 2.18. The second-order valence-electron chi connectivity index (χ2n) is 7.20. The van der Waals surface area contributed by atoms with Crippen molar-refractivity contribution in [3.8, 4) is 0 Å². The quantitative estimate of drug-likeness (QED) is 0.518. The van der Waals surface area contributed by atoms with Crippen LogP contribution in [0.3, 0.4) is 0 Å². The molecule has 0 saturated carbocycles. The van der Waals surface area contributed by atoms with E-state index >= 15 is 0 Å². The number of nitrogens with one attached hydrogen (secondary N) is 3. The average Bonchev–Trinajstić information content (AvgIpc) is 3.18. The van der Waals surface area contributed by atoms with Crippen molar-refractivity contribution in [2.45, 2.75) is 20.0 Å². The molecule has 1 aliphatic heterocycles. The molecular weight excluding hydrogens is 416 g/mol. The second-order valence-corrected chi connectivity index (χ2v) is 7.20. The van der Waals surface area contributed by atoms with E-state index in [9.17, 15) is 24.0 Å². The van der Waals surface area contributed by atoms with Gasteiger partial charge in [0.15, 0.2) is 0 Å². The Bertz CT molecular complexity index is 1310. The van der Waals surface area contributed by atoms with Crippen molar-refractivity contribution in [1.82, 2.24) is 19.6 Å². The predicted octanol–water partition coefficient (Wildman–Crippen LogP) is 1.28. The number of aromatic amines is 1. The fourth-order valence-electron chi connectivity index (χ4n) is 3.49. The third-order valence-corrected chi connectivity index (χ3v) is 5.17. The number of amides is 4. The first-order valence-corrected chi connectivity index (χ1v) is 9.81. The number of fused-ring (bicyclic) bond motifs is 1. The van der Waals surface area contributed by atoms with E-state index < -0.39 is 23.6 Å². The summed E-state index contributed by atoms with van der Waals surface area (Å²) in [5.74, 6) is -2.79. The van der Waals surface area contributed by atoms with Crippen LogP contribution in [-0.4, -0.2) is 50.2 Å². The molecule has 1 aliphatic rings. The molecule has 11 heteroatoms. The summed E-state index contributed by atoms with van der Waals surface area (Å²) in [5, 5.41) is 7.45. The summed E-state index contributed by atoms with van der Waals surface area (Å²) < 4.78 is 1.60. The van der Waals surface area contributed by atoms with Crippen molar-refractivity contribution >= 4 is 46.0 Å². The number of hydrazine groups is 1. The zero-order valence-corrected chi connectivity index (χ0v) is 17.3. The molecule has 1 fully saturated rings. The van der Waals surface area contributed by atoms with Crippen LogP contribution in [0.1, 0.15) is 12.5 Å². The molecule has 0 spiro atoms. The summed E-state index contributed by atoms with van der Waals surface area (Å²) in [6.45, 7) is 2.46. The second kappa shape index (κ2) is 8.02. The number of carbonyl (C=O) groups is 4. The summed E-state index contributed by atoms with van der Waals surface area (Å²) in [5.41, 5.74) is 2.86. The molecule has 1 saturated heterocycles. The molecule has 2 heterocycles. The van der Waals surface area contributed by atoms with Crippen LogP contribution in [-0.2, 0) is 27.5 Å². The first kappa shape index (κ1) is 20.8. The van der Waals surface area contributed by atoms with E-state index in [4.69, 9.17) is 0 Å². The molecular formula is C21H20N6O5. The van der Waals surface area contributed by atoms with Crippen molar-refractivity contribution in [2.24, 2.45) is 0 Å². The molecule has 2 aromatic carbocycles. The van der Waals surface area contributed by atoms with Gasteiger partial charge in [-0.25, -0.2) is 19.6 Å². The fourth-order valence-corrected chi connectivity index (χ4v) is 3.49. The minimum absolute atomic E-state index is 0.0505. The van der Waals surface area contributed by atoms with Gasteiger partial charge in [-0.1, -0.05) is 12.1 Å². The highest BCUT2D eigenvalue weighted by molar-refractivity contribution is 6.65. The summed E-state index contributed by atoms with van der Waals surface area (Å²) in [6.07, 6.45) is 0. The van der Waals surface area contributed by atoms with Crippen LogP contribution < -0.4 is 16.3 Å². The van der Waals surface area contributed by atoms with E-state index in [2.05, 4.69) is 15.6 Å². The van der Waals surface area contributed by atoms with E-state index in [0.29, 0.717) is 29.0 Å². The largest absolute Gasteiger partial charge is 0.326 e. The van der Waals surface area contributed by atoms with E-state index in [-0.39, 0.29) is 12.2 Å². The van der Waals surface area contributed by atoms with Crippen LogP contribution in [0.2, 0.25) is 0 Å². The highest BCUT2D eigenvalue weighted by atomic mass is 16.2. The topological polar surface area (TPSA) is 137 Å². The van der Waals surface area contributed by atoms with Crippen molar-refractivity contribution in [3.05, 3.63) is 58.5 Å². The number of ketones is 1. The maximum atomic E-state index is 12.3. The Morgan fingerprint density at radius 3 is 2.22 bits per heavy atom. The number of H-pyrrole nitrogens is 1. The van der Waals surface area contributed by atoms with Gasteiger partial charge in [-0.2, -0.15) is 0 Å². The van der Waals surface area contributed by atoms with Gasteiger partial charge in [-0.15, -0.1) is 0 Å². The Kier molecular flexibility index (Phi) is 5.23. The molecule has 0 aliphatic carbocycles. The number of hydrogen-bond acceptors (Lipinski definition) is 5. The number of benzene rings is 2. The van der Waals surface area contributed by atoms with E-state index in [1.807, 2.05) is 6.92 Å². The standard InChI is InChI=1S/C21H20N6O5/c1-3-26-16-9-8-14(10-15(16)24-21(26)32)23-20(31)22-13-6-4-12(5-7-13)11-27-19(30)17(28)18(29)25(27)2/h4-10H,3,11H2,1-2H3,(H,24,32)(H2,22,23,31). The van der Waals surface area contributed by atoms with E-state index in [0.717, 1.165) is 15.5 Å². The van der Waals surface area contributed by atoms with Crippen LogP contribution in [0.15, 0.2) is 47.3 Å². The zero-order chi connectivity index (χ0) is 23.0. The number of hydrogen-bond donors (Lipinski definition) is 3. The summed E-state index contributed by atoms with van der Waals surface area (Å²) in [6, 6.07) is 11.3. The third-order valence-electron chi connectivity index (χ3n) is 5.17. The molecule has 4 rings (SSSR count). The first-order chi connectivity index (χ1) is 15.3. The molecule has 0 radical (unpaired) electrons. The van der Waals surface area contributed by atoms with E-state index in [1.165, 1.54) is 7.05 Å². The van der Waals surface area contributed by atoms with Gasteiger partial charge in [0.25, 0.3) is 0 Å². The van der Waals surface area contributed by atoms with E-state index in [1.54, 1.807) is 47.0 Å². The van der Waals surface area contributed by atoms with Crippen LogP contribution in [0.5, 0.6) is 0 Å². The van der Waals surface area contributed by atoms with Crippen molar-refractivity contribution in [1.29, 1.82) is 0 Å². The Hall–Kier alpha value is -4.41. The Balaban J connectivity index is 1.39. The van der Waals surface area contributed by atoms with Crippen LogP contribution in [0, 0.1) is 0 Å². The smallest absolute Gasteiger partial charge is 0.308 e. The lowest BCUT2D eigenvalue weighted by Crippen LogP contribution is -2.37. The van der Waals surface area contributed by atoms with Gasteiger partial charge >= 0.3 is 29.3 Å². The Labute approximate surface area is 181 Å². The molecule has 0 bridgehead atoms. The van der Waals surface area contributed by atoms with Crippen molar-refractivity contribution < 1.29 is 19.2 Å². The predicted molar refractivity (Wildman–Crippen MR) is 116 cm³/mol. The normalized spacial score (nSPS) is 13.9. The van der Waals surface area contributed by atoms with Gasteiger partial charge in [-0.3, -0.25) is 19.0 Å². The molecule has 164 valence electrons. The van der Waals surface area contributed by atoms with Crippen molar-refractivity contribution in [3.63, 3.8) is 0 Å². The number of aryl methyl sites for hydroxylation is 1. The molecule has 0 unspecified atom stereocenters. The minimum Gasteiger partial charge on any atom is -0.308 e. The Morgan fingerprint density at radius 2 is 1.59 bits per heavy atom. The van der Waals surface area contributed by atoms with Gasteiger partial charge in [0.1, 0.15) is 0 Å². The number of nitrogens with zero attached hydrogens (tertiary/aromatic N) is 3. The van der Waals surface area contributed by atoms with Gasteiger partial charge in [0.2, 0.25) is 0 Å². The van der Waals surface area contributed by atoms with Gasteiger partial charge < -0.3 is 15.6 Å². The summed E-state index contributed by atoms with van der Waals surface area (Å²) in [7, 11) is 1.36. The van der Waals surface area contributed by atoms with Crippen molar-refractivity contribution in [2.75, 3.05) is 17.7 Å².